The van der Waals surface area contributed by atoms with Gasteiger partial charge in [-0.3, -0.25) is 4.98 Å². The van der Waals surface area contributed by atoms with E-state index in [9.17, 15) is 4.79 Å². The first-order valence-electron chi connectivity index (χ1n) is 6.21. The molecule has 0 bridgehead atoms. The number of nitrogens with zero attached hydrogens (tertiary/aromatic N) is 4. The van der Waals surface area contributed by atoms with Gasteiger partial charge in [0.15, 0.2) is 11.3 Å². The summed E-state index contributed by atoms with van der Waals surface area (Å²) in [6.45, 7) is 2.08. The molecular weight excluding hydrogens is 256 g/mol. The van der Waals surface area contributed by atoms with Crippen LogP contribution in [0.3, 0.4) is 0 Å². The molecule has 0 amide bonds. The molecule has 20 heavy (non-hydrogen) atoms. The molecule has 0 aromatic carbocycles. The molecule has 0 spiro atoms. The Morgan fingerprint density at radius 2 is 2.10 bits per heavy atom. The summed E-state index contributed by atoms with van der Waals surface area (Å²) in [6, 6.07) is 5.38. The fraction of sp³-hybridized carbons (Fsp3) is 0.143. The number of aromatic nitrogens is 4. The maximum absolute atomic E-state index is 11.6. The van der Waals surface area contributed by atoms with Gasteiger partial charge in [0, 0.05) is 36.4 Å². The molecule has 3 rings (SSSR count). The molecule has 100 valence electrons. The number of esters is 1. The second-order valence-corrected chi connectivity index (χ2v) is 4.13. The highest BCUT2D eigenvalue weighted by Crippen LogP contribution is 2.17. The Morgan fingerprint density at radius 1 is 1.30 bits per heavy atom. The largest absolute Gasteiger partial charge is 0.461 e. The van der Waals surface area contributed by atoms with E-state index < -0.39 is 5.97 Å². The molecule has 0 fully saturated rings. The zero-order valence-corrected chi connectivity index (χ0v) is 10.9. The third-order valence-electron chi connectivity index (χ3n) is 2.81. The van der Waals surface area contributed by atoms with E-state index in [1.54, 1.807) is 36.1 Å². The minimum absolute atomic E-state index is 0.256. The maximum Gasteiger partial charge on any atom is 0.358 e. The van der Waals surface area contributed by atoms with Crippen molar-refractivity contribution in [2.75, 3.05) is 6.61 Å². The van der Waals surface area contributed by atoms with E-state index in [-0.39, 0.29) is 5.69 Å². The number of fused-ring (bicyclic) bond motifs is 1. The van der Waals surface area contributed by atoms with Crippen LogP contribution in [0.15, 0.2) is 43.0 Å². The van der Waals surface area contributed by atoms with Crippen molar-refractivity contribution in [3.8, 4) is 11.1 Å². The van der Waals surface area contributed by atoms with Gasteiger partial charge in [-0.1, -0.05) is 0 Å². The molecule has 0 aliphatic carbocycles. The zero-order chi connectivity index (χ0) is 13.9. The molecule has 0 saturated carbocycles. The van der Waals surface area contributed by atoms with Crippen LogP contribution in [0.25, 0.3) is 16.8 Å². The van der Waals surface area contributed by atoms with Crippen LogP contribution < -0.4 is 0 Å². The average molecular weight is 268 g/mol. The summed E-state index contributed by atoms with van der Waals surface area (Å²) < 4.78 is 6.49. The highest BCUT2D eigenvalue weighted by atomic mass is 16.5. The van der Waals surface area contributed by atoms with Gasteiger partial charge in [0.05, 0.1) is 6.61 Å². The van der Waals surface area contributed by atoms with Gasteiger partial charge in [0.25, 0.3) is 0 Å². The molecule has 0 radical (unpaired) electrons. The highest BCUT2D eigenvalue weighted by Gasteiger charge is 2.12. The van der Waals surface area contributed by atoms with Crippen LogP contribution in [-0.4, -0.2) is 32.2 Å². The molecule has 3 aromatic heterocycles. The summed E-state index contributed by atoms with van der Waals surface area (Å²) in [7, 11) is 0. The lowest BCUT2D eigenvalue weighted by Crippen LogP contribution is -2.05. The molecule has 3 aromatic rings. The van der Waals surface area contributed by atoms with Crippen molar-refractivity contribution in [1.82, 2.24) is 19.6 Å². The summed E-state index contributed by atoms with van der Waals surface area (Å²) >= 11 is 0. The van der Waals surface area contributed by atoms with Gasteiger partial charge in [-0.05, 0) is 24.6 Å². The number of pyridine rings is 1. The number of ether oxygens (including phenoxy) is 1. The minimum Gasteiger partial charge on any atom is -0.461 e. The predicted octanol–water partition coefficient (Wildman–Crippen LogP) is 1.97. The van der Waals surface area contributed by atoms with E-state index in [1.807, 2.05) is 18.3 Å². The first-order valence-corrected chi connectivity index (χ1v) is 6.21. The van der Waals surface area contributed by atoms with Crippen molar-refractivity contribution in [3.05, 3.63) is 48.7 Å². The number of carbonyl (C=O) groups excluding carboxylic acids is 1. The normalized spacial score (nSPS) is 10.7. The van der Waals surface area contributed by atoms with E-state index in [4.69, 9.17) is 4.74 Å². The van der Waals surface area contributed by atoms with Crippen molar-refractivity contribution in [3.63, 3.8) is 0 Å². The third-order valence-corrected chi connectivity index (χ3v) is 2.81. The van der Waals surface area contributed by atoms with E-state index >= 15 is 0 Å². The standard InChI is InChI=1S/C14H12N4O2/c1-2-20-14(19)12-7-13-16-8-11(9-18(13)17-12)10-3-5-15-6-4-10/h3-9H,2H2,1H3. The van der Waals surface area contributed by atoms with Crippen molar-refractivity contribution in [2.45, 2.75) is 6.92 Å². The number of hydrogen-bond donors (Lipinski definition) is 0. The first-order chi connectivity index (χ1) is 9.78. The van der Waals surface area contributed by atoms with Gasteiger partial charge >= 0.3 is 5.97 Å². The first kappa shape index (κ1) is 12.3. The van der Waals surface area contributed by atoms with E-state index in [1.165, 1.54) is 0 Å². The summed E-state index contributed by atoms with van der Waals surface area (Å²) in [4.78, 5) is 19.9. The second-order valence-electron chi connectivity index (χ2n) is 4.13. The van der Waals surface area contributed by atoms with Gasteiger partial charge in [-0.15, -0.1) is 0 Å². The third kappa shape index (κ3) is 2.23. The molecule has 0 saturated heterocycles. The number of rotatable bonds is 3. The van der Waals surface area contributed by atoms with Crippen molar-refractivity contribution >= 4 is 11.6 Å². The Bertz CT molecular complexity index is 752. The van der Waals surface area contributed by atoms with Crippen molar-refractivity contribution < 1.29 is 9.53 Å². The summed E-state index contributed by atoms with van der Waals surface area (Å²) in [5.74, 6) is -0.441. The Labute approximate surface area is 115 Å². The SMILES string of the molecule is CCOC(=O)c1cc2ncc(-c3ccncc3)cn2n1. The van der Waals surface area contributed by atoms with Crippen LogP contribution in [0.5, 0.6) is 0 Å². The molecule has 3 heterocycles. The van der Waals surface area contributed by atoms with Crippen molar-refractivity contribution in [1.29, 1.82) is 0 Å². The molecule has 0 N–H and O–H groups in total. The Morgan fingerprint density at radius 3 is 2.85 bits per heavy atom. The van der Waals surface area contributed by atoms with Crippen LogP contribution in [-0.2, 0) is 4.74 Å². The molecule has 6 nitrogen and oxygen atoms in total. The molecule has 0 atom stereocenters. The molecule has 0 aliphatic rings. The van der Waals surface area contributed by atoms with Crippen LogP contribution in [0.1, 0.15) is 17.4 Å². The fourth-order valence-corrected chi connectivity index (χ4v) is 1.87. The number of carbonyl (C=O) groups is 1. The Balaban J connectivity index is 2.02. The van der Waals surface area contributed by atoms with Gasteiger partial charge < -0.3 is 4.74 Å². The Hall–Kier alpha value is -2.76. The molecular formula is C14H12N4O2. The van der Waals surface area contributed by atoms with Gasteiger partial charge in [-0.2, -0.15) is 5.10 Å². The summed E-state index contributed by atoms with van der Waals surface area (Å²) in [5, 5.41) is 4.18. The zero-order valence-electron chi connectivity index (χ0n) is 10.9. The highest BCUT2D eigenvalue weighted by molar-refractivity contribution is 5.88. The summed E-state index contributed by atoms with van der Waals surface area (Å²) in [6.07, 6.45) is 6.99. The molecule has 6 heteroatoms. The fourth-order valence-electron chi connectivity index (χ4n) is 1.87. The summed E-state index contributed by atoms with van der Waals surface area (Å²) in [5.41, 5.74) is 2.75. The van der Waals surface area contributed by atoms with Crippen LogP contribution in [0.2, 0.25) is 0 Å². The smallest absolute Gasteiger partial charge is 0.358 e. The second kappa shape index (κ2) is 5.08. The van der Waals surface area contributed by atoms with Gasteiger partial charge in [0.2, 0.25) is 0 Å². The van der Waals surface area contributed by atoms with Gasteiger partial charge in [0.1, 0.15) is 0 Å². The Kier molecular flexibility index (Phi) is 3.12. The molecule has 0 aliphatic heterocycles. The van der Waals surface area contributed by atoms with Crippen molar-refractivity contribution in [2.24, 2.45) is 0 Å². The maximum atomic E-state index is 11.6. The lowest BCUT2D eigenvalue weighted by molar-refractivity contribution is 0.0519. The van der Waals surface area contributed by atoms with E-state index in [0.29, 0.717) is 12.3 Å². The van der Waals surface area contributed by atoms with Gasteiger partial charge in [-0.25, -0.2) is 14.3 Å². The predicted molar refractivity (Wildman–Crippen MR) is 72.2 cm³/mol. The van der Waals surface area contributed by atoms with E-state index in [2.05, 4.69) is 15.1 Å². The molecule has 0 unspecified atom stereocenters. The lowest BCUT2D eigenvalue weighted by atomic mass is 10.1. The monoisotopic (exact) mass is 268 g/mol. The van der Waals surface area contributed by atoms with Crippen LogP contribution in [0.4, 0.5) is 0 Å². The minimum atomic E-state index is -0.441. The van der Waals surface area contributed by atoms with Crippen LogP contribution in [0, 0.1) is 0 Å². The van der Waals surface area contributed by atoms with E-state index in [0.717, 1.165) is 11.1 Å². The number of hydrogen-bond acceptors (Lipinski definition) is 5. The van der Waals surface area contributed by atoms with Crippen LogP contribution >= 0.6 is 0 Å². The average Bonchev–Trinajstić information content (AvgIpc) is 2.91. The topological polar surface area (TPSA) is 69.4 Å². The quantitative estimate of drug-likeness (QED) is 0.679. The lowest BCUT2D eigenvalue weighted by Gasteiger charge is -2.00.